The molecule has 10 heteroatoms. The SMILES string of the molecule is COc1ccc(/C=C2/C(=O)NC(=O)N(c3ccc(Br)c(C)c3)C2=O)c(OCc2ccc(Cl)cc2Cl)c1. The van der Waals surface area contributed by atoms with Crippen LogP contribution in [0.3, 0.4) is 0 Å². The fraction of sp³-hybridized carbons (Fsp3) is 0.115. The van der Waals surface area contributed by atoms with E-state index < -0.39 is 17.8 Å². The molecule has 3 aromatic rings. The maximum absolute atomic E-state index is 13.3. The number of hydrogen-bond donors (Lipinski definition) is 1. The van der Waals surface area contributed by atoms with Gasteiger partial charge in [0.1, 0.15) is 23.7 Å². The zero-order valence-corrected chi connectivity index (χ0v) is 22.2. The van der Waals surface area contributed by atoms with E-state index in [1.807, 2.05) is 6.92 Å². The molecule has 4 amide bonds. The van der Waals surface area contributed by atoms with E-state index in [1.165, 1.54) is 13.2 Å². The third kappa shape index (κ3) is 5.41. The van der Waals surface area contributed by atoms with Crippen LogP contribution in [0.1, 0.15) is 16.7 Å². The van der Waals surface area contributed by atoms with Crippen LogP contribution in [0, 0.1) is 6.92 Å². The van der Waals surface area contributed by atoms with Crippen LogP contribution in [0.4, 0.5) is 10.5 Å². The average Bonchev–Trinajstić information content (AvgIpc) is 2.83. The van der Waals surface area contributed by atoms with Gasteiger partial charge in [-0.1, -0.05) is 45.2 Å². The Balaban J connectivity index is 1.70. The van der Waals surface area contributed by atoms with Gasteiger partial charge in [-0.3, -0.25) is 14.9 Å². The highest BCUT2D eigenvalue weighted by molar-refractivity contribution is 9.10. The van der Waals surface area contributed by atoms with Crippen molar-refractivity contribution in [2.45, 2.75) is 13.5 Å². The summed E-state index contributed by atoms with van der Waals surface area (Å²) in [4.78, 5) is 39.4. The molecule has 1 aliphatic heterocycles. The lowest BCUT2D eigenvalue weighted by molar-refractivity contribution is -0.122. The summed E-state index contributed by atoms with van der Waals surface area (Å²) in [5, 5.41) is 3.16. The molecule has 0 aliphatic carbocycles. The number of amides is 4. The zero-order chi connectivity index (χ0) is 26.0. The van der Waals surface area contributed by atoms with Crippen molar-refractivity contribution in [1.29, 1.82) is 0 Å². The molecule has 0 unspecified atom stereocenters. The fourth-order valence-electron chi connectivity index (χ4n) is 3.50. The third-order valence-corrected chi connectivity index (χ3v) is 6.90. The van der Waals surface area contributed by atoms with Crippen molar-refractivity contribution < 1.29 is 23.9 Å². The number of methoxy groups -OCH3 is 1. The number of imide groups is 2. The summed E-state index contributed by atoms with van der Waals surface area (Å²) >= 11 is 15.6. The second-order valence-electron chi connectivity index (χ2n) is 7.82. The number of ether oxygens (including phenoxy) is 2. The van der Waals surface area contributed by atoms with E-state index >= 15 is 0 Å². The summed E-state index contributed by atoms with van der Waals surface area (Å²) in [6, 6.07) is 14.2. The third-order valence-electron chi connectivity index (χ3n) is 5.42. The summed E-state index contributed by atoms with van der Waals surface area (Å²) in [6.07, 6.45) is 1.38. The number of hydrogen-bond acceptors (Lipinski definition) is 5. The van der Waals surface area contributed by atoms with Gasteiger partial charge >= 0.3 is 6.03 Å². The second kappa shape index (κ2) is 10.7. The largest absolute Gasteiger partial charge is 0.497 e. The predicted molar refractivity (Wildman–Crippen MR) is 142 cm³/mol. The zero-order valence-electron chi connectivity index (χ0n) is 19.1. The molecule has 0 radical (unpaired) electrons. The highest BCUT2D eigenvalue weighted by Crippen LogP contribution is 2.31. The molecule has 184 valence electrons. The number of rotatable bonds is 6. The first kappa shape index (κ1) is 25.8. The van der Waals surface area contributed by atoms with Gasteiger partial charge in [0.15, 0.2) is 0 Å². The van der Waals surface area contributed by atoms with Gasteiger partial charge in [-0.2, -0.15) is 0 Å². The fourth-order valence-corrected chi connectivity index (χ4v) is 4.21. The summed E-state index contributed by atoms with van der Waals surface area (Å²) in [5.74, 6) is -0.710. The van der Waals surface area contributed by atoms with Gasteiger partial charge in [-0.15, -0.1) is 0 Å². The van der Waals surface area contributed by atoms with Crippen molar-refractivity contribution in [1.82, 2.24) is 5.32 Å². The minimum atomic E-state index is -0.826. The summed E-state index contributed by atoms with van der Waals surface area (Å²) in [5.41, 5.74) is 2.05. The van der Waals surface area contributed by atoms with E-state index in [4.69, 9.17) is 32.7 Å². The Labute approximate surface area is 225 Å². The Bertz CT molecular complexity index is 1420. The lowest BCUT2D eigenvalue weighted by atomic mass is 10.1. The number of nitrogens with zero attached hydrogens (tertiary/aromatic N) is 1. The van der Waals surface area contributed by atoms with Crippen LogP contribution in [0.25, 0.3) is 6.08 Å². The number of barbiturate groups is 1. The summed E-state index contributed by atoms with van der Waals surface area (Å²) in [6.45, 7) is 1.93. The highest BCUT2D eigenvalue weighted by Gasteiger charge is 2.37. The molecular formula is C26H19BrCl2N2O5. The Morgan fingerprint density at radius 3 is 2.50 bits per heavy atom. The van der Waals surface area contributed by atoms with Gasteiger partial charge in [0.2, 0.25) is 0 Å². The molecule has 0 aromatic heterocycles. The molecule has 0 saturated carbocycles. The molecule has 0 bridgehead atoms. The van der Waals surface area contributed by atoms with Crippen LogP contribution in [0.5, 0.6) is 11.5 Å². The molecule has 3 aromatic carbocycles. The van der Waals surface area contributed by atoms with Gasteiger partial charge in [0.25, 0.3) is 11.8 Å². The van der Waals surface area contributed by atoms with Crippen molar-refractivity contribution in [3.8, 4) is 11.5 Å². The first-order valence-corrected chi connectivity index (χ1v) is 12.1. The lowest BCUT2D eigenvalue weighted by Crippen LogP contribution is -2.54. The smallest absolute Gasteiger partial charge is 0.335 e. The molecule has 7 nitrogen and oxygen atoms in total. The Morgan fingerprint density at radius 1 is 1.03 bits per heavy atom. The van der Waals surface area contributed by atoms with Crippen LogP contribution in [0.15, 0.2) is 64.6 Å². The Kier molecular flexibility index (Phi) is 7.68. The number of carbonyl (C=O) groups excluding carboxylic acids is 3. The topological polar surface area (TPSA) is 84.9 Å². The number of halogens is 3. The maximum Gasteiger partial charge on any atom is 0.335 e. The average molecular weight is 590 g/mol. The van der Waals surface area contributed by atoms with Crippen LogP contribution in [0.2, 0.25) is 10.0 Å². The van der Waals surface area contributed by atoms with Crippen LogP contribution >= 0.6 is 39.1 Å². The molecular weight excluding hydrogens is 571 g/mol. The van der Waals surface area contributed by atoms with E-state index in [0.29, 0.717) is 38.4 Å². The first-order chi connectivity index (χ1) is 17.2. The van der Waals surface area contributed by atoms with Crippen LogP contribution < -0.4 is 19.7 Å². The molecule has 0 atom stereocenters. The van der Waals surface area contributed by atoms with Gasteiger partial charge in [0.05, 0.1) is 12.8 Å². The molecule has 1 aliphatic rings. The lowest BCUT2D eigenvalue weighted by Gasteiger charge is -2.27. The number of urea groups is 1. The van der Waals surface area contributed by atoms with Crippen molar-refractivity contribution >= 4 is 68.7 Å². The van der Waals surface area contributed by atoms with E-state index in [-0.39, 0.29) is 12.2 Å². The van der Waals surface area contributed by atoms with E-state index in [2.05, 4.69) is 21.2 Å². The van der Waals surface area contributed by atoms with Crippen molar-refractivity contribution in [2.75, 3.05) is 12.0 Å². The molecule has 0 spiro atoms. The minimum absolute atomic E-state index is 0.0995. The maximum atomic E-state index is 13.3. The molecule has 1 N–H and O–H groups in total. The Hall–Kier alpha value is -3.33. The number of aryl methyl sites for hydroxylation is 1. The summed E-state index contributed by atoms with van der Waals surface area (Å²) < 4.78 is 12.1. The normalized spacial score (nSPS) is 14.8. The first-order valence-electron chi connectivity index (χ1n) is 10.6. The van der Waals surface area contributed by atoms with E-state index in [9.17, 15) is 14.4 Å². The second-order valence-corrected chi connectivity index (χ2v) is 9.52. The summed E-state index contributed by atoms with van der Waals surface area (Å²) in [7, 11) is 1.51. The Morgan fingerprint density at radius 2 is 1.81 bits per heavy atom. The quantitative estimate of drug-likeness (QED) is 0.269. The van der Waals surface area contributed by atoms with Gasteiger partial charge in [-0.05, 0) is 61.0 Å². The van der Waals surface area contributed by atoms with Crippen molar-refractivity contribution in [2.24, 2.45) is 0 Å². The van der Waals surface area contributed by atoms with Crippen LogP contribution in [-0.4, -0.2) is 25.0 Å². The number of nitrogens with one attached hydrogen (secondary N) is 1. The van der Waals surface area contributed by atoms with E-state index in [0.717, 1.165) is 14.9 Å². The van der Waals surface area contributed by atoms with Gasteiger partial charge in [0, 0.05) is 31.7 Å². The monoisotopic (exact) mass is 588 g/mol. The number of carbonyl (C=O) groups is 3. The molecule has 1 saturated heterocycles. The van der Waals surface area contributed by atoms with Gasteiger partial charge < -0.3 is 9.47 Å². The predicted octanol–water partition coefficient (Wildman–Crippen LogP) is 6.32. The number of benzene rings is 3. The number of anilines is 1. The standard InChI is InChI=1S/C26H19BrCl2N2O5/c1-14-9-18(6-8-21(14)27)31-25(33)20(24(32)30-26(31)34)10-15-4-7-19(35-2)12-23(15)36-13-16-3-5-17(28)11-22(16)29/h3-12H,13H2,1-2H3,(H,30,32,34)/b20-10-. The van der Waals surface area contributed by atoms with Gasteiger partial charge in [-0.25, -0.2) is 9.69 Å². The molecule has 36 heavy (non-hydrogen) atoms. The molecule has 1 heterocycles. The van der Waals surface area contributed by atoms with E-state index in [1.54, 1.807) is 54.6 Å². The minimum Gasteiger partial charge on any atom is -0.497 e. The molecule has 1 fully saturated rings. The van der Waals surface area contributed by atoms with Crippen LogP contribution in [-0.2, 0) is 16.2 Å². The van der Waals surface area contributed by atoms with Crippen molar-refractivity contribution in [3.63, 3.8) is 0 Å². The van der Waals surface area contributed by atoms with Crippen molar-refractivity contribution in [3.05, 3.63) is 91.4 Å². The highest BCUT2D eigenvalue weighted by atomic mass is 79.9. The molecule has 4 rings (SSSR count).